The highest BCUT2D eigenvalue weighted by molar-refractivity contribution is 5.94. The number of nitrogens with zero attached hydrogens (tertiary/aromatic N) is 2. The lowest BCUT2D eigenvalue weighted by atomic mass is 10.0. The average molecular weight is 390 g/mol. The number of nitrogens with one attached hydrogen (secondary N) is 3. The highest BCUT2D eigenvalue weighted by Gasteiger charge is 2.19. The van der Waals surface area contributed by atoms with Crippen LogP contribution in [0.5, 0.6) is 0 Å². The molecule has 1 amide bonds. The molecule has 0 aliphatic carbocycles. The Morgan fingerprint density at radius 1 is 0.893 bits per heavy atom. The molecule has 4 rings (SSSR count). The van der Waals surface area contributed by atoms with E-state index in [9.17, 15) is 4.79 Å². The summed E-state index contributed by atoms with van der Waals surface area (Å²) < 4.78 is 5.33. The Morgan fingerprint density at radius 3 is 2.11 bits per heavy atom. The predicted molar refractivity (Wildman–Crippen MR) is 112 cm³/mol. The first-order chi connectivity index (χ1) is 13.7. The van der Waals surface area contributed by atoms with Crippen molar-refractivity contribution in [2.75, 3.05) is 78.7 Å². The minimum Gasteiger partial charge on any atom is -0.378 e. The smallest absolute Gasteiger partial charge is 0.254 e. The third kappa shape index (κ3) is 6.83. The Balaban J connectivity index is 0.000000320. The largest absolute Gasteiger partial charge is 0.378 e. The molecule has 7 nitrogen and oxygen atoms in total. The molecule has 0 atom stereocenters. The molecular weight excluding hydrogens is 354 g/mol. The van der Waals surface area contributed by atoms with Crippen molar-refractivity contribution in [3.05, 3.63) is 34.9 Å². The Hall–Kier alpha value is -1.51. The molecule has 3 saturated heterocycles. The topological polar surface area (TPSA) is 68.9 Å². The van der Waals surface area contributed by atoms with Crippen LogP contribution in [0.25, 0.3) is 0 Å². The van der Waals surface area contributed by atoms with E-state index in [1.54, 1.807) is 0 Å². The maximum atomic E-state index is 12.6. The van der Waals surface area contributed by atoms with Crippen LogP contribution in [0.3, 0.4) is 0 Å². The minimum absolute atomic E-state index is 0.133. The van der Waals surface area contributed by atoms with E-state index in [0.29, 0.717) is 26.3 Å². The molecular formula is C21H35N5O2. The molecule has 1 aromatic carbocycles. The van der Waals surface area contributed by atoms with E-state index < -0.39 is 0 Å². The summed E-state index contributed by atoms with van der Waals surface area (Å²) in [5.41, 5.74) is 3.20. The van der Waals surface area contributed by atoms with Gasteiger partial charge < -0.3 is 25.6 Å². The fourth-order valence-electron chi connectivity index (χ4n) is 3.76. The number of piperazine rings is 2. The van der Waals surface area contributed by atoms with Crippen LogP contribution < -0.4 is 16.0 Å². The molecule has 1 aromatic rings. The van der Waals surface area contributed by atoms with E-state index >= 15 is 0 Å². The number of carbonyl (C=O) groups is 1. The number of benzene rings is 1. The predicted octanol–water partition coefficient (Wildman–Crippen LogP) is 0.0518. The van der Waals surface area contributed by atoms with Gasteiger partial charge in [-0.15, -0.1) is 0 Å². The number of ether oxygens (including phenoxy) is 1. The second-order valence-corrected chi connectivity index (χ2v) is 7.64. The molecule has 3 aliphatic heterocycles. The number of hydrogen-bond donors (Lipinski definition) is 3. The molecule has 0 spiro atoms. The summed E-state index contributed by atoms with van der Waals surface area (Å²) in [6, 6.07) is 6.25. The second-order valence-electron chi connectivity index (χ2n) is 7.64. The van der Waals surface area contributed by atoms with Gasteiger partial charge in [-0.05, 0) is 24.6 Å². The van der Waals surface area contributed by atoms with E-state index in [0.717, 1.165) is 70.0 Å². The molecule has 0 aromatic heterocycles. The lowest BCUT2D eigenvalue weighted by Crippen LogP contribution is -2.43. The molecule has 28 heavy (non-hydrogen) atoms. The van der Waals surface area contributed by atoms with Crippen LogP contribution in [0.4, 0.5) is 0 Å². The molecule has 0 saturated carbocycles. The quantitative estimate of drug-likeness (QED) is 0.679. The van der Waals surface area contributed by atoms with Gasteiger partial charge in [0.2, 0.25) is 0 Å². The number of rotatable bonds is 3. The Labute approximate surface area is 168 Å². The van der Waals surface area contributed by atoms with Gasteiger partial charge in [-0.2, -0.15) is 0 Å². The molecule has 3 N–H and O–H groups in total. The molecule has 3 aliphatic rings. The van der Waals surface area contributed by atoms with E-state index in [1.807, 2.05) is 11.0 Å². The lowest BCUT2D eigenvalue weighted by Gasteiger charge is -2.28. The number of morpholine rings is 1. The normalized spacial score (nSPS) is 21.0. The van der Waals surface area contributed by atoms with Crippen LogP contribution >= 0.6 is 0 Å². The Bertz CT molecular complexity index is 597. The third-order valence-electron chi connectivity index (χ3n) is 5.26. The van der Waals surface area contributed by atoms with Gasteiger partial charge in [-0.25, -0.2) is 0 Å². The zero-order chi connectivity index (χ0) is 19.6. The summed E-state index contributed by atoms with van der Waals surface area (Å²) in [7, 11) is 0. The van der Waals surface area contributed by atoms with E-state index in [2.05, 4.69) is 39.9 Å². The highest BCUT2D eigenvalue weighted by atomic mass is 16.5. The van der Waals surface area contributed by atoms with E-state index in [4.69, 9.17) is 4.74 Å². The zero-order valence-electron chi connectivity index (χ0n) is 17.1. The molecule has 3 fully saturated rings. The molecule has 0 bridgehead atoms. The van der Waals surface area contributed by atoms with Crippen LogP contribution in [0.15, 0.2) is 18.2 Å². The van der Waals surface area contributed by atoms with E-state index in [1.165, 1.54) is 5.56 Å². The van der Waals surface area contributed by atoms with Crippen molar-refractivity contribution in [1.82, 2.24) is 25.8 Å². The van der Waals surface area contributed by atoms with Gasteiger partial charge in [0.15, 0.2) is 0 Å². The van der Waals surface area contributed by atoms with Gasteiger partial charge in [0.05, 0.1) is 13.2 Å². The van der Waals surface area contributed by atoms with Crippen LogP contribution in [-0.4, -0.2) is 94.4 Å². The van der Waals surface area contributed by atoms with Gasteiger partial charge in [0.1, 0.15) is 0 Å². The highest BCUT2D eigenvalue weighted by Crippen LogP contribution is 2.15. The maximum Gasteiger partial charge on any atom is 0.254 e. The van der Waals surface area contributed by atoms with Crippen LogP contribution in [0.2, 0.25) is 0 Å². The van der Waals surface area contributed by atoms with Gasteiger partial charge in [-0.3, -0.25) is 9.69 Å². The fourth-order valence-corrected chi connectivity index (χ4v) is 3.76. The first-order valence-corrected chi connectivity index (χ1v) is 10.5. The van der Waals surface area contributed by atoms with Crippen molar-refractivity contribution in [2.45, 2.75) is 13.5 Å². The molecule has 0 radical (unpaired) electrons. The summed E-state index contributed by atoms with van der Waals surface area (Å²) in [5, 5.41) is 9.81. The van der Waals surface area contributed by atoms with Crippen molar-refractivity contribution in [2.24, 2.45) is 0 Å². The number of hydrogen-bond acceptors (Lipinski definition) is 6. The minimum atomic E-state index is 0.133. The van der Waals surface area contributed by atoms with Gasteiger partial charge in [-0.1, -0.05) is 11.6 Å². The molecule has 7 heteroatoms. The first kappa shape index (κ1) is 21.2. The molecule has 0 unspecified atom stereocenters. The summed E-state index contributed by atoms with van der Waals surface area (Å²) >= 11 is 0. The summed E-state index contributed by atoms with van der Waals surface area (Å²) in [5.74, 6) is 0.133. The van der Waals surface area contributed by atoms with Crippen molar-refractivity contribution in [1.29, 1.82) is 0 Å². The summed E-state index contributed by atoms with van der Waals surface area (Å²) in [6.07, 6.45) is 0. The second kappa shape index (κ2) is 11.5. The number of amides is 1. The number of carbonyl (C=O) groups excluding carboxylic acids is 1. The van der Waals surface area contributed by atoms with Crippen LogP contribution in [-0.2, 0) is 11.3 Å². The Kier molecular flexibility index (Phi) is 8.70. The molecule has 156 valence electrons. The van der Waals surface area contributed by atoms with Gasteiger partial charge in [0, 0.05) is 77.6 Å². The standard InChI is InChI=1S/C17H25N3O2.C4H10N2/c1-14-10-15(13-19-4-2-18-3-5-19)12-16(11-14)17(21)20-6-8-22-9-7-20;1-2-6-4-3-5-1/h10-12,18H,2-9,13H2,1H3;5-6H,1-4H2. The summed E-state index contributed by atoms with van der Waals surface area (Å²) in [4.78, 5) is 17.0. The third-order valence-corrected chi connectivity index (χ3v) is 5.26. The monoisotopic (exact) mass is 389 g/mol. The van der Waals surface area contributed by atoms with E-state index in [-0.39, 0.29) is 5.91 Å². The van der Waals surface area contributed by atoms with Crippen molar-refractivity contribution in [3.8, 4) is 0 Å². The van der Waals surface area contributed by atoms with Crippen LogP contribution in [0.1, 0.15) is 21.5 Å². The summed E-state index contributed by atoms with van der Waals surface area (Å²) in [6.45, 7) is 14.5. The lowest BCUT2D eigenvalue weighted by molar-refractivity contribution is 0.0302. The first-order valence-electron chi connectivity index (χ1n) is 10.5. The fraction of sp³-hybridized carbons (Fsp3) is 0.667. The number of aryl methyl sites for hydroxylation is 1. The average Bonchev–Trinajstić information content (AvgIpc) is 2.76. The van der Waals surface area contributed by atoms with Crippen molar-refractivity contribution < 1.29 is 9.53 Å². The molecule has 3 heterocycles. The van der Waals surface area contributed by atoms with Crippen molar-refractivity contribution in [3.63, 3.8) is 0 Å². The van der Waals surface area contributed by atoms with Gasteiger partial charge in [0.25, 0.3) is 5.91 Å². The van der Waals surface area contributed by atoms with Crippen LogP contribution in [0, 0.1) is 6.92 Å². The van der Waals surface area contributed by atoms with Gasteiger partial charge >= 0.3 is 0 Å². The Morgan fingerprint density at radius 2 is 1.50 bits per heavy atom. The SMILES string of the molecule is C1CNCCN1.Cc1cc(CN2CCNCC2)cc(C(=O)N2CCOCC2)c1. The maximum absolute atomic E-state index is 12.6. The van der Waals surface area contributed by atoms with Crippen molar-refractivity contribution >= 4 is 5.91 Å². The zero-order valence-corrected chi connectivity index (χ0v) is 17.1.